The number of carbonyl (C=O) groups excluding carboxylic acids is 4. The minimum atomic E-state index is -1.42. The number of ether oxygens (including phenoxy) is 3. The predicted octanol–water partition coefficient (Wildman–Crippen LogP) is 4.33. The van der Waals surface area contributed by atoms with Crippen molar-refractivity contribution in [2.24, 2.45) is 0 Å². The Morgan fingerprint density at radius 2 is 1.59 bits per heavy atom. The second-order valence-corrected chi connectivity index (χ2v) is 10.4. The molecule has 2 rings (SSSR count). The Bertz CT molecular complexity index is 887. The van der Waals surface area contributed by atoms with Crippen molar-refractivity contribution < 1.29 is 33.4 Å². The van der Waals surface area contributed by atoms with Crippen LogP contribution in [0.1, 0.15) is 72.8 Å². The fourth-order valence-corrected chi connectivity index (χ4v) is 3.49. The van der Waals surface area contributed by atoms with Crippen molar-refractivity contribution in [1.82, 2.24) is 10.2 Å². The van der Waals surface area contributed by atoms with E-state index >= 15 is 0 Å². The van der Waals surface area contributed by atoms with Crippen LogP contribution in [0.25, 0.3) is 0 Å². The molecule has 1 aliphatic rings. The van der Waals surface area contributed by atoms with Crippen LogP contribution in [0.2, 0.25) is 0 Å². The molecule has 9 heteroatoms. The molecule has 0 radical (unpaired) electrons. The quantitative estimate of drug-likeness (QED) is 0.257. The van der Waals surface area contributed by atoms with Crippen molar-refractivity contribution >= 4 is 24.1 Å². The lowest BCUT2D eigenvalue weighted by molar-refractivity contribution is -0.186. The maximum atomic E-state index is 13.1. The van der Waals surface area contributed by atoms with Gasteiger partial charge >= 0.3 is 18.2 Å². The number of benzene rings is 1. The Kier molecular flexibility index (Phi) is 8.69. The predicted molar refractivity (Wildman–Crippen MR) is 125 cm³/mol. The van der Waals surface area contributed by atoms with Crippen molar-refractivity contribution in [3.63, 3.8) is 0 Å². The summed E-state index contributed by atoms with van der Waals surface area (Å²) in [5.41, 5.74) is -2.14. The molecule has 1 saturated heterocycles. The van der Waals surface area contributed by atoms with Crippen LogP contribution in [0.5, 0.6) is 0 Å². The molecule has 188 valence electrons. The smallest absolute Gasteiger partial charge is 0.418 e. The van der Waals surface area contributed by atoms with Crippen molar-refractivity contribution in [2.75, 3.05) is 6.54 Å². The number of esters is 1. The van der Waals surface area contributed by atoms with Gasteiger partial charge in [0.15, 0.2) is 5.54 Å². The average molecular weight is 477 g/mol. The van der Waals surface area contributed by atoms with Crippen LogP contribution >= 0.6 is 0 Å². The van der Waals surface area contributed by atoms with Crippen LogP contribution in [0, 0.1) is 0 Å². The van der Waals surface area contributed by atoms with Gasteiger partial charge in [0.1, 0.15) is 17.8 Å². The SMILES string of the molecule is CC(C)(C)OC(=O)N1C(=O)CC1(CCCCNC(=O)OCc1ccccc1)C(=O)OC(C)(C)C. The number of hydrogen-bond donors (Lipinski definition) is 1. The summed E-state index contributed by atoms with van der Waals surface area (Å²) < 4.78 is 16.1. The van der Waals surface area contributed by atoms with E-state index in [4.69, 9.17) is 14.2 Å². The normalized spacial score (nSPS) is 18.1. The van der Waals surface area contributed by atoms with Crippen LogP contribution in [0.15, 0.2) is 30.3 Å². The molecule has 1 N–H and O–H groups in total. The van der Waals surface area contributed by atoms with Crippen molar-refractivity contribution in [3.05, 3.63) is 35.9 Å². The molecule has 1 aliphatic heterocycles. The maximum absolute atomic E-state index is 13.1. The highest BCUT2D eigenvalue weighted by Crippen LogP contribution is 2.40. The lowest BCUT2D eigenvalue weighted by Gasteiger charge is -2.48. The molecule has 0 saturated carbocycles. The number of carbonyl (C=O) groups is 4. The summed E-state index contributed by atoms with van der Waals surface area (Å²) in [4.78, 5) is 50.9. The Morgan fingerprint density at radius 3 is 2.15 bits per heavy atom. The van der Waals surface area contributed by atoms with E-state index in [1.54, 1.807) is 41.5 Å². The topological polar surface area (TPSA) is 111 Å². The first-order chi connectivity index (χ1) is 15.7. The van der Waals surface area contributed by atoms with Crippen LogP contribution in [0.4, 0.5) is 9.59 Å². The fourth-order valence-electron chi connectivity index (χ4n) is 3.49. The molecular weight excluding hydrogens is 440 g/mol. The summed E-state index contributed by atoms with van der Waals surface area (Å²) in [5, 5.41) is 2.67. The number of likely N-dealkylation sites (tertiary alicyclic amines) is 1. The Balaban J connectivity index is 1.93. The van der Waals surface area contributed by atoms with E-state index in [2.05, 4.69) is 5.32 Å². The molecule has 3 amide bonds. The van der Waals surface area contributed by atoms with Crippen LogP contribution in [-0.4, -0.2) is 52.2 Å². The molecule has 9 nitrogen and oxygen atoms in total. The number of nitrogens with one attached hydrogen (secondary N) is 1. The third-order valence-corrected chi connectivity index (χ3v) is 4.98. The van der Waals surface area contributed by atoms with Gasteiger partial charge in [-0.25, -0.2) is 19.3 Å². The third-order valence-electron chi connectivity index (χ3n) is 4.98. The average Bonchev–Trinajstić information content (AvgIpc) is 2.68. The minimum Gasteiger partial charge on any atom is -0.458 e. The van der Waals surface area contributed by atoms with Crippen molar-refractivity contribution in [1.29, 1.82) is 0 Å². The number of nitrogens with zero attached hydrogens (tertiary/aromatic N) is 1. The molecule has 1 unspecified atom stereocenters. The van der Waals surface area contributed by atoms with E-state index in [1.165, 1.54) is 0 Å². The summed E-state index contributed by atoms with van der Waals surface area (Å²) >= 11 is 0. The van der Waals surface area contributed by atoms with Crippen LogP contribution in [0.3, 0.4) is 0 Å². The molecule has 1 atom stereocenters. The molecule has 34 heavy (non-hydrogen) atoms. The van der Waals surface area contributed by atoms with Crippen LogP contribution in [-0.2, 0) is 30.4 Å². The minimum absolute atomic E-state index is 0.131. The van der Waals surface area contributed by atoms with Gasteiger partial charge in [-0.2, -0.15) is 0 Å². The third kappa shape index (κ3) is 7.74. The van der Waals surface area contributed by atoms with E-state index < -0.39 is 40.8 Å². The van der Waals surface area contributed by atoms with Gasteiger partial charge in [0, 0.05) is 6.54 Å². The molecule has 0 bridgehead atoms. The van der Waals surface area contributed by atoms with E-state index in [9.17, 15) is 19.2 Å². The number of alkyl carbamates (subject to hydrolysis) is 1. The monoisotopic (exact) mass is 476 g/mol. The van der Waals surface area contributed by atoms with Gasteiger partial charge in [-0.3, -0.25) is 4.79 Å². The van der Waals surface area contributed by atoms with E-state index in [0.717, 1.165) is 10.5 Å². The largest absolute Gasteiger partial charge is 0.458 e. The summed E-state index contributed by atoms with van der Waals surface area (Å²) in [6.45, 7) is 10.7. The second kappa shape index (κ2) is 10.9. The first-order valence-electron chi connectivity index (χ1n) is 11.5. The van der Waals surface area contributed by atoms with Gasteiger partial charge in [0.25, 0.3) is 0 Å². The van der Waals surface area contributed by atoms with Gasteiger partial charge in [-0.05, 0) is 66.4 Å². The van der Waals surface area contributed by atoms with Gasteiger partial charge in [-0.1, -0.05) is 30.3 Å². The number of rotatable bonds is 8. The Morgan fingerprint density at radius 1 is 0.971 bits per heavy atom. The zero-order chi connectivity index (χ0) is 25.6. The van der Waals surface area contributed by atoms with Crippen molar-refractivity contribution in [2.45, 2.75) is 90.6 Å². The van der Waals surface area contributed by atoms with E-state index in [0.29, 0.717) is 19.4 Å². The lowest BCUT2D eigenvalue weighted by Crippen LogP contribution is -2.70. The van der Waals surface area contributed by atoms with Crippen LogP contribution < -0.4 is 5.32 Å². The first-order valence-corrected chi connectivity index (χ1v) is 11.5. The standard InChI is InChI=1S/C25H36N2O7/c1-23(2,3)33-20(29)25(16-19(28)27(25)22(31)34-24(4,5)6)14-10-11-15-26-21(30)32-17-18-12-8-7-9-13-18/h7-9,12-13H,10-11,14-17H2,1-6H3,(H,26,30). The number of hydrogen-bond acceptors (Lipinski definition) is 7. The Labute approximate surface area is 201 Å². The summed E-state index contributed by atoms with van der Waals surface area (Å²) in [6.07, 6.45) is -0.356. The van der Waals surface area contributed by atoms with Gasteiger partial charge in [-0.15, -0.1) is 0 Å². The molecule has 0 aliphatic carbocycles. The molecule has 1 aromatic rings. The summed E-state index contributed by atoms with van der Waals surface area (Å²) in [7, 11) is 0. The van der Waals surface area contributed by atoms with Gasteiger partial charge in [0.05, 0.1) is 6.42 Å². The Hall–Kier alpha value is -3.10. The highest BCUT2D eigenvalue weighted by atomic mass is 16.6. The molecule has 1 aromatic carbocycles. The molecule has 1 heterocycles. The molecule has 0 spiro atoms. The highest BCUT2D eigenvalue weighted by molar-refractivity contribution is 6.08. The second-order valence-electron chi connectivity index (χ2n) is 10.4. The summed E-state index contributed by atoms with van der Waals surface area (Å²) in [6, 6.07) is 9.33. The zero-order valence-electron chi connectivity index (χ0n) is 20.9. The zero-order valence-corrected chi connectivity index (χ0v) is 20.9. The maximum Gasteiger partial charge on any atom is 0.418 e. The molecular formula is C25H36N2O7. The van der Waals surface area contributed by atoms with E-state index in [1.807, 2.05) is 30.3 Å². The van der Waals surface area contributed by atoms with Gasteiger partial charge in [0.2, 0.25) is 5.91 Å². The first kappa shape index (κ1) is 27.1. The molecule has 0 aromatic heterocycles. The van der Waals surface area contributed by atoms with Crippen molar-refractivity contribution in [3.8, 4) is 0 Å². The number of imide groups is 1. The fraction of sp³-hybridized carbons (Fsp3) is 0.600. The van der Waals surface area contributed by atoms with Gasteiger partial charge < -0.3 is 19.5 Å². The molecule has 1 fully saturated rings. The summed E-state index contributed by atoms with van der Waals surface area (Å²) in [5.74, 6) is -1.12. The van der Waals surface area contributed by atoms with E-state index in [-0.39, 0.29) is 19.4 Å². The lowest BCUT2D eigenvalue weighted by atomic mass is 9.79. The number of unbranched alkanes of at least 4 members (excludes halogenated alkanes) is 1. The number of β-lactam (4-membered cyclic amide) rings is 1. The highest BCUT2D eigenvalue weighted by Gasteiger charge is 2.61. The number of amides is 3.